The van der Waals surface area contributed by atoms with E-state index >= 15 is 0 Å². The van der Waals surface area contributed by atoms with Gasteiger partial charge in [0.2, 0.25) is 0 Å². The second kappa shape index (κ2) is 14.1. The molecule has 1 saturated carbocycles. The van der Waals surface area contributed by atoms with Gasteiger partial charge in [0.1, 0.15) is 0 Å². The SMILES string of the molecule is CCOC(CCNC(=NC)NCCN(C)C1CCCC1)C(C)C.I. The minimum Gasteiger partial charge on any atom is -0.378 e. The summed E-state index contributed by atoms with van der Waals surface area (Å²) in [6, 6.07) is 0.782. The lowest BCUT2D eigenvalue weighted by atomic mass is 10.0. The van der Waals surface area contributed by atoms with Crippen molar-refractivity contribution < 1.29 is 4.74 Å². The van der Waals surface area contributed by atoms with Gasteiger partial charge in [-0.05, 0) is 39.2 Å². The van der Waals surface area contributed by atoms with Crippen LogP contribution in [-0.2, 0) is 4.74 Å². The zero-order valence-corrected chi connectivity index (χ0v) is 18.6. The first kappa shape index (κ1) is 23.9. The van der Waals surface area contributed by atoms with Crippen molar-refractivity contribution in [2.24, 2.45) is 10.9 Å². The van der Waals surface area contributed by atoms with Crippen LogP contribution in [0.4, 0.5) is 0 Å². The molecule has 1 fully saturated rings. The molecule has 144 valence electrons. The van der Waals surface area contributed by atoms with Gasteiger partial charge in [-0.25, -0.2) is 0 Å². The van der Waals surface area contributed by atoms with Crippen molar-refractivity contribution in [2.75, 3.05) is 40.3 Å². The zero-order chi connectivity index (χ0) is 17.1. The van der Waals surface area contributed by atoms with Crippen molar-refractivity contribution in [3.05, 3.63) is 0 Å². The molecular weight excluding hydrogens is 415 g/mol. The Morgan fingerprint density at radius 1 is 1.21 bits per heavy atom. The lowest BCUT2D eigenvalue weighted by Gasteiger charge is -2.25. The highest BCUT2D eigenvalue weighted by atomic mass is 127. The number of aliphatic imine (C=N–C) groups is 1. The zero-order valence-electron chi connectivity index (χ0n) is 16.3. The molecule has 1 aliphatic carbocycles. The summed E-state index contributed by atoms with van der Waals surface area (Å²) >= 11 is 0. The molecule has 0 spiro atoms. The monoisotopic (exact) mass is 454 g/mol. The summed E-state index contributed by atoms with van der Waals surface area (Å²) in [5.74, 6) is 1.44. The quantitative estimate of drug-likeness (QED) is 0.303. The Kier molecular flexibility index (Phi) is 14.1. The molecular formula is C18H39IN4O. The number of hydrogen-bond acceptors (Lipinski definition) is 3. The second-order valence-corrected chi connectivity index (χ2v) is 6.87. The number of halogens is 1. The fraction of sp³-hybridized carbons (Fsp3) is 0.944. The van der Waals surface area contributed by atoms with Crippen LogP contribution in [0.2, 0.25) is 0 Å². The van der Waals surface area contributed by atoms with Gasteiger partial charge in [-0.2, -0.15) is 0 Å². The molecule has 24 heavy (non-hydrogen) atoms. The summed E-state index contributed by atoms with van der Waals surface area (Å²) < 4.78 is 5.78. The van der Waals surface area contributed by atoms with E-state index in [1.807, 2.05) is 7.05 Å². The fourth-order valence-electron chi connectivity index (χ4n) is 3.25. The molecule has 1 rings (SSSR count). The Bertz CT molecular complexity index is 333. The third kappa shape index (κ3) is 9.42. The molecule has 1 atom stereocenters. The van der Waals surface area contributed by atoms with Crippen molar-refractivity contribution in [3.8, 4) is 0 Å². The summed E-state index contributed by atoms with van der Waals surface area (Å²) in [5.41, 5.74) is 0. The highest BCUT2D eigenvalue weighted by molar-refractivity contribution is 14.0. The Morgan fingerprint density at radius 3 is 2.38 bits per heavy atom. The van der Waals surface area contributed by atoms with Crippen molar-refractivity contribution in [3.63, 3.8) is 0 Å². The lowest BCUT2D eigenvalue weighted by Crippen LogP contribution is -2.43. The van der Waals surface area contributed by atoms with Crippen LogP contribution in [0.5, 0.6) is 0 Å². The van der Waals surface area contributed by atoms with Crippen molar-refractivity contribution >= 4 is 29.9 Å². The standard InChI is InChI=1S/C18H38N4O.HI/c1-6-23-17(15(2)3)11-12-20-18(19-4)21-13-14-22(5)16-9-7-8-10-16;/h15-17H,6-14H2,1-5H3,(H2,19,20,21);1H. The van der Waals surface area contributed by atoms with Crippen molar-refractivity contribution in [1.29, 1.82) is 0 Å². The van der Waals surface area contributed by atoms with Crippen LogP contribution < -0.4 is 10.6 Å². The predicted molar refractivity (Wildman–Crippen MR) is 115 cm³/mol. The number of likely N-dealkylation sites (N-methyl/N-ethyl adjacent to an activating group) is 1. The molecule has 0 radical (unpaired) electrons. The van der Waals surface area contributed by atoms with Crippen molar-refractivity contribution in [1.82, 2.24) is 15.5 Å². The highest BCUT2D eigenvalue weighted by Crippen LogP contribution is 2.21. The number of hydrogen-bond donors (Lipinski definition) is 2. The first-order valence-electron chi connectivity index (χ1n) is 9.34. The van der Waals surface area contributed by atoms with Gasteiger partial charge in [0.15, 0.2) is 5.96 Å². The van der Waals surface area contributed by atoms with E-state index in [0.717, 1.165) is 44.7 Å². The van der Waals surface area contributed by atoms with Gasteiger partial charge in [0, 0.05) is 39.3 Å². The van der Waals surface area contributed by atoms with Gasteiger partial charge < -0.3 is 20.3 Å². The molecule has 1 aliphatic rings. The van der Waals surface area contributed by atoms with Crippen LogP contribution in [0.1, 0.15) is 52.9 Å². The Hall–Kier alpha value is -0.0800. The third-order valence-corrected chi connectivity index (χ3v) is 4.77. The van der Waals surface area contributed by atoms with Crippen LogP contribution in [-0.4, -0.2) is 63.3 Å². The van der Waals surface area contributed by atoms with E-state index in [9.17, 15) is 0 Å². The van der Waals surface area contributed by atoms with Gasteiger partial charge in [-0.3, -0.25) is 4.99 Å². The number of ether oxygens (including phenoxy) is 1. The average Bonchev–Trinajstić information content (AvgIpc) is 3.06. The molecule has 0 aromatic carbocycles. The van der Waals surface area contributed by atoms with Gasteiger partial charge in [-0.15, -0.1) is 24.0 Å². The van der Waals surface area contributed by atoms with Crippen LogP contribution in [0, 0.1) is 5.92 Å². The molecule has 0 aromatic heterocycles. The molecule has 0 aromatic rings. The Morgan fingerprint density at radius 2 is 1.83 bits per heavy atom. The summed E-state index contributed by atoms with van der Waals surface area (Å²) in [5, 5.41) is 6.81. The average molecular weight is 454 g/mol. The molecule has 1 unspecified atom stereocenters. The Balaban J connectivity index is 0.00000529. The topological polar surface area (TPSA) is 48.9 Å². The highest BCUT2D eigenvalue weighted by Gasteiger charge is 2.19. The number of guanidine groups is 1. The van der Waals surface area contributed by atoms with Crippen LogP contribution in [0.3, 0.4) is 0 Å². The van der Waals surface area contributed by atoms with E-state index in [0.29, 0.717) is 12.0 Å². The maximum Gasteiger partial charge on any atom is 0.191 e. The van der Waals surface area contributed by atoms with E-state index in [-0.39, 0.29) is 24.0 Å². The molecule has 6 heteroatoms. The summed E-state index contributed by atoms with van der Waals surface area (Å²) in [6.45, 7) is 10.2. The molecule has 5 nitrogen and oxygen atoms in total. The summed E-state index contributed by atoms with van der Waals surface area (Å²) in [7, 11) is 4.07. The lowest BCUT2D eigenvalue weighted by molar-refractivity contribution is 0.0258. The first-order chi connectivity index (χ1) is 11.1. The fourth-order valence-corrected chi connectivity index (χ4v) is 3.25. The smallest absolute Gasteiger partial charge is 0.191 e. The van der Waals surface area contributed by atoms with E-state index < -0.39 is 0 Å². The minimum absolute atomic E-state index is 0. The first-order valence-corrected chi connectivity index (χ1v) is 9.34. The second-order valence-electron chi connectivity index (χ2n) is 6.87. The predicted octanol–water partition coefficient (Wildman–Crippen LogP) is 3.10. The molecule has 0 amide bonds. The molecule has 0 saturated heterocycles. The van der Waals surface area contributed by atoms with E-state index in [2.05, 4.69) is 48.3 Å². The molecule has 2 N–H and O–H groups in total. The van der Waals surface area contributed by atoms with Crippen LogP contribution >= 0.6 is 24.0 Å². The summed E-state index contributed by atoms with van der Waals surface area (Å²) in [6.07, 6.45) is 6.83. The molecule has 0 bridgehead atoms. The number of nitrogens with zero attached hydrogens (tertiary/aromatic N) is 2. The maximum atomic E-state index is 5.78. The Labute approximate surface area is 166 Å². The number of nitrogens with one attached hydrogen (secondary N) is 2. The van der Waals surface area contributed by atoms with Gasteiger partial charge in [0.05, 0.1) is 6.10 Å². The van der Waals surface area contributed by atoms with E-state index in [1.165, 1.54) is 25.7 Å². The largest absolute Gasteiger partial charge is 0.378 e. The third-order valence-electron chi connectivity index (χ3n) is 4.77. The number of rotatable bonds is 10. The van der Waals surface area contributed by atoms with E-state index in [1.54, 1.807) is 0 Å². The normalized spacial score (nSPS) is 17.2. The minimum atomic E-state index is 0. The molecule has 0 aliphatic heterocycles. The van der Waals surface area contributed by atoms with Gasteiger partial charge in [0.25, 0.3) is 0 Å². The molecule has 0 heterocycles. The summed E-state index contributed by atoms with van der Waals surface area (Å²) in [4.78, 5) is 6.79. The van der Waals surface area contributed by atoms with Gasteiger partial charge >= 0.3 is 0 Å². The van der Waals surface area contributed by atoms with Crippen LogP contribution in [0.15, 0.2) is 4.99 Å². The maximum absolute atomic E-state index is 5.78. The van der Waals surface area contributed by atoms with E-state index in [4.69, 9.17) is 4.74 Å². The van der Waals surface area contributed by atoms with Crippen molar-refractivity contribution in [2.45, 2.75) is 65.0 Å². The van der Waals surface area contributed by atoms with Crippen LogP contribution in [0.25, 0.3) is 0 Å². The van der Waals surface area contributed by atoms with Gasteiger partial charge in [-0.1, -0.05) is 26.7 Å².